The molecule has 0 aliphatic carbocycles. The van der Waals surface area contributed by atoms with Crippen LogP contribution in [0.1, 0.15) is 49.5 Å². The minimum atomic E-state index is -0.618. The summed E-state index contributed by atoms with van der Waals surface area (Å²) >= 11 is 7.08. The van der Waals surface area contributed by atoms with Gasteiger partial charge in [-0.05, 0) is 64.8 Å². The van der Waals surface area contributed by atoms with Crippen molar-refractivity contribution in [2.45, 2.75) is 51.7 Å². The van der Waals surface area contributed by atoms with Gasteiger partial charge in [-0.3, -0.25) is 9.21 Å². The van der Waals surface area contributed by atoms with Crippen molar-refractivity contribution in [1.29, 1.82) is 0 Å². The molecule has 1 unspecified atom stereocenters. The summed E-state index contributed by atoms with van der Waals surface area (Å²) in [5.74, 6) is -0.0238. The van der Waals surface area contributed by atoms with Crippen LogP contribution in [-0.2, 0) is 0 Å². The van der Waals surface area contributed by atoms with Gasteiger partial charge in [-0.15, -0.1) is 0 Å². The first-order chi connectivity index (χ1) is 15.8. The number of rotatable bonds is 4. The average molecular weight is 465 g/mol. The predicted octanol–water partition coefficient (Wildman–Crippen LogP) is 4.79. The van der Waals surface area contributed by atoms with Crippen LogP contribution in [0.2, 0.25) is 0 Å². The summed E-state index contributed by atoms with van der Waals surface area (Å²) in [6, 6.07) is 14.0. The van der Waals surface area contributed by atoms with E-state index in [0.717, 1.165) is 36.3 Å². The van der Waals surface area contributed by atoms with E-state index in [-0.39, 0.29) is 5.91 Å². The van der Waals surface area contributed by atoms with Crippen molar-refractivity contribution in [3.8, 4) is 5.69 Å². The lowest BCUT2D eigenvalue weighted by Crippen LogP contribution is -2.71. The van der Waals surface area contributed by atoms with E-state index in [2.05, 4.69) is 41.9 Å². The first-order valence-corrected chi connectivity index (χ1v) is 11.8. The summed E-state index contributed by atoms with van der Waals surface area (Å²) < 4.78 is 1.84. The highest BCUT2D eigenvalue weighted by atomic mass is 35.5. The molecule has 3 heterocycles. The first kappa shape index (κ1) is 21.8. The van der Waals surface area contributed by atoms with Crippen LogP contribution in [0.15, 0.2) is 54.9 Å². The number of fused-ring (bicyclic) bond motifs is 1. The van der Waals surface area contributed by atoms with Crippen LogP contribution in [0, 0.1) is 6.92 Å². The number of benzene rings is 2. The summed E-state index contributed by atoms with van der Waals surface area (Å²) in [6.07, 6.45) is 5.01. The summed E-state index contributed by atoms with van der Waals surface area (Å²) in [5, 5.41) is 8.55. The van der Waals surface area contributed by atoms with Gasteiger partial charge >= 0.3 is 0 Å². The van der Waals surface area contributed by atoms with E-state index in [4.69, 9.17) is 11.8 Å². The molecule has 1 saturated heterocycles. The van der Waals surface area contributed by atoms with Crippen molar-refractivity contribution in [2.24, 2.45) is 0 Å². The van der Waals surface area contributed by atoms with E-state index in [9.17, 15) is 4.79 Å². The minimum Gasteiger partial charge on any atom is -0.344 e. The average Bonchev–Trinajstić information content (AvgIpc) is 3.53. The molecule has 0 bridgehead atoms. The van der Waals surface area contributed by atoms with E-state index in [1.54, 1.807) is 12.4 Å². The fourth-order valence-electron chi connectivity index (χ4n) is 5.68. The Morgan fingerprint density at radius 2 is 1.76 bits per heavy atom. The minimum absolute atomic E-state index is 0.0238. The predicted molar refractivity (Wildman–Crippen MR) is 131 cm³/mol. The normalized spacial score (nSPS) is 24.5. The van der Waals surface area contributed by atoms with Gasteiger partial charge in [0.25, 0.3) is 5.91 Å². The number of anilines is 2. The molecule has 172 valence electrons. The Kier molecular flexibility index (Phi) is 5.12. The highest BCUT2D eigenvalue weighted by Gasteiger charge is 2.62. The Bertz CT molecular complexity index is 1200. The van der Waals surface area contributed by atoms with Gasteiger partial charge in [0.1, 0.15) is 5.66 Å². The Morgan fingerprint density at radius 3 is 2.45 bits per heavy atom. The molecule has 0 radical (unpaired) electrons. The van der Waals surface area contributed by atoms with Crippen molar-refractivity contribution in [2.75, 3.05) is 22.4 Å². The molecule has 7 nitrogen and oxygen atoms in total. The Balaban J connectivity index is 1.61. The number of likely N-dealkylation sites (tertiary alicyclic amines) is 1. The quantitative estimate of drug-likeness (QED) is 0.520. The van der Waals surface area contributed by atoms with Gasteiger partial charge in [0.05, 0.1) is 40.6 Å². The van der Waals surface area contributed by atoms with E-state index < -0.39 is 11.2 Å². The zero-order valence-corrected chi connectivity index (χ0v) is 20.3. The molecule has 0 N–H and O–H groups in total. The molecular weight excluding hydrogens is 436 g/mol. The molecule has 5 rings (SSSR count). The monoisotopic (exact) mass is 464 g/mol. The number of nitrogens with zero attached hydrogens (tertiary/aromatic N) is 6. The van der Waals surface area contributed by atoms with Crippen LogP contribution >= 0.6 is 11.8 Å². The number of carbonyl (C=O) groups is 1. The van der Waals surface area contributed by atoms with Crippen LogP contribution in [0.3, 0.4) is 0 Å². The second kappa shape index (κ2) is 7.76. The van der Waals surface area contributed by atoms with Crippen molar-refractivity contribution in [3.05, 3.63) is 66.0 Å². The number of hydrogen-bond donors (Lipinski definition) is 0. The molecule has 0 saturated carbocycles. The number of aryl methyl sites for hydroxylation is 1. The molecule has 1 fully saturated rings. The number of halogens is 1. The maximum absolute atomic E-state index is 14.2. The lowest BCUT2D eigenvalue weighted by molar-refractivity contribution is 0.0459. The van der Waals surface area contributed by atoms with Crippen molar-refractivity contribution >= 4 is 29.1 Å². The summed E-state index contributed by atoms with van der Waals surface area (Å²) in [7, 11) is 0. The second-order valence-electron chi connectivity index (χ2n) is 9.21. The van der Waals surface area contributed by atoms with Gasteiger partial charge in [0.15, 0.2) is 0 Å². The molecule has 1 amide bonds. The van der Waals surface area contributed by atoms with E-state index in [1.807, 2.05) is 52.6 Å². The van der Waals surface area contributed by atoms with Crippen molar-refractivity contribution < 1.29 is 4.79 Å². The molecule has 2 atom stereocenters. The largest absolute Gasteiger partial charge is 0.344 e. The Labute approximate surface area is 199 Å². The molecule has 8 heteroatoms. The smallest absolute Gasteiger partial charge is 0.256 e. The summed E-state index contributed by atoms with van der Waals surface area (Å²) in [4.78, 5) is 20.0. The maximum atomic E-state index is 14.2. The third-order valence-corrected chi connectivity index (χ3v) is 8.04. The lowest BCUT2D eigenvalue weighted by atomic mass is 9.82. The van der Waals surface area contributed by atoms with E-state index in [0.29, 0.717) is 17.8 Å². The third-order valence-electron chi connectivity index (χ3n) is 7.53. The molecule has 2 aliphatic heterocycles. The lowest BCUT2D eigenvalue weighted by Gasteiger charge is -2.54. The fraction of sp³-hybridized carbons (Fsp3) is 0.400. The van der Waals surface area contributed by atoms with Gasteiger partial charge in [-0.2, -0.15) is 15.0 Å². The van der Waals surface area contributed by atoms with Crippen LogP contribution in [0.5, 0.6) is 0 Å². The number of carbonyl (C=O) groups excluding carboxylic acids is 1. The molecule has 1 aromatic heterocycles. The summed E-state index contributed by atoms with van der Waals surface area (Å²) in [5.41, 5.74) is 3.22. The van der Waals surface area contributed by atoms with Gasteiger partial charge in [0.2, 0.25) is 0 Å². The zero-order valence-electron chi connectivity index (χ0n) is 19.5. The standard InChI is InChI=1S/C25H29ClN6O/c1-5-29-21-9-6-7-10-22(21)31(26)25(29,4)24(3)13-8-16-30(24)23(33)19-17-18(2)11-12-20(19)32-27-14-15-28-32/h6-7,9-12,14-15,17H,5,8,13,16H2,1-4H3/t24-,25?/m0/s1. The molecule has 2 aromatic carbocycles. The maximum Gasteiger partial charge on any atom is 0.256 e. The van der Waals surface area contributed by atoms with Gasteiger partial charge in [-0.1, -0.05) is 23.8 Å². The van der Waals surface area contributed by atoms with Crippen LogP contribution in [0.4, 0.5) is 11.4 Å². The summed E-state index contributed by atoms with van der Waals surface area (Å²) in [6.45, 7) is 9.90. The fourth-order valence-corrected chi connectivity index (χ4v) is 6.09. The number of amides is 1. The van der Waals surface area contributed by atoms with Gasteiger partial charge < -0.3 is 9.80 Å². The molecule has 33 heavy (non-hydrogen) atoms. The van der Waals surface area contributed by atoms with Gasteiger partial charge in [0, 0.05) is 24.9 Å². The van der Waals surface area contributed by atoms with Crippen LogP contribution in [0.25, 0.3) is 5.69 Å². The zero-order chi connectivity index (χ0) is 23.4. The molecular formula is C25H29ClN6O. The van der Waals surface area contributed by atoms with Crippen molar-refractivity contribution in [3.63, 3.8) is 0 Å². The second-order valence-corrected chi connectivity index (χ2v) is 9.55. The van der Waals surface area contributed by atoms with Crippen LogP contribution < -0.4 is 9.32 Å². The number of aromatic nitrogens is 3. The van der Waals surface area contributed by atoms with Gasteiger partial charge in [-0.25, -0.2) is 0 Å². The third kappa shape index (κ3) is 2.98. The number of para-hydroxylation sites is 2. The Hall–Kier alpha value is -3.06. The van der Waals surface area contributed by atoms with Crippen molar-refractivity contribution in [1.82, 2.24) is 19.9 Å². The topological polar surface area (TPSA) is 57.5 Å². The number of hydrogen-bond acceptors (Lipinski definition) is 5. The first-order valence-electron chi connectivity index (χ1n) is 11.4. The van der Waals surface area contributed by atoms with Crippen LogP contribution in [-0.4, -0.2) is 50.1 Å². The SMILES string of the molecule is CCN1c2ccccc2N(Cl)C1(C)[C@]1(C)CCCN1C(=O)c1cc(C)ccc1-n1nccn1. The van der Waals surface area contributed by atoms with E-state index >= 15 is 0 Å². The highest BCUT2D eigenvalue weighted by Crippen LogP contribution is 2.54. The molecule has 3 aromatic rings. The Morgan fingerprint density at radius 1 is 1.06 bits per heavy atom. The number of likely N-dealkylation sites (N-methyl/N-ethyl adjacent to an activating group) is 1. The molecule has 0 spiro atoms. The molecule has 2 aliphatic rings. The highest BCUT2D eigenvalue weighted by molar-refractivity contribution is 6.28. The van der Waals surface area contributed by atoms with E-state index in [1.165, 1.54) is 4.80 Å².